The highest BCUT2D eigenvalue weighted by molar-refractivity contribution is 7.99. The van der Waals surface area contributed by atoms with Crippen LogP contribution in [0.4, 0.5) is 0 Å². The van der Waals surface area contributed by atoms with Gasteiger partial charge in [-0.05, 0) is 16.9 Å². The zero-order chi connectivity index (χ0) is 16.8. The Hall–Kier alpha value is -2.33. The van der Waals surface area contributed by atoms with Gasteiger partial charge in [-0.15, -0.1) is 0 Å². The summed E-state index contributed by atoms with van der Waals surface area (Å²) in [5.41, 5.74) is 3.01. The van der Waals surface area contributed by atoms with E-state index >= 15 is 0 Å². The number of hydrogen-bond acceptors (Lipinski definition) is 3. The molecule has 0 amide bonds. The van der Waals surface area contributed by atoms with E-state index in [0.717, 1.165) is 27.6 Å². The summed E-state index contributed by atoms with van der Waals surface area (Å²) in [6.07, 6.45) is 2.34. The second-order valence-corrected chi connectivity index (χ2v) is 6.77. The van der Waals surface area contributed by atoms with E-state index in [1.54, 1.807) is 22.5 Å². The normalized spacial score (nSPS) is 10.7. The zero-order valence-electron chi connectivity index (χ0n) is 13.7. The molecule has 0 radical (unpaired) electrons. The number of thioether (sulfide) groups is 1. The summed E-state index contributed by atoms with van der Waals surface area (Å²) in [5, 5.41) is 0.781. The van der Waals surface area contributed by atoms with Gasteiger partial charge in [-0.3, -0.25) is 9.36 Å². The lowest BCUT2D eigenvalue weighted by atomic mass is 10.1. The predicted molar refractivity (Wildman–Crippen MR) is 99.7 cm³/mol. The molecule has 1 aromatic heterocycles. The van der Waals surface area contributed by atoms with Gasteiger partial charge in [0.2, 0.25) is 0 Å². The predicted octanol–water partition coefficient (Wildman–Crippen LogP) is 3.99. The average Bonchev–Trinajstić information content (AvgIpc) is 2.62. The molecule has 1 heterocycles. The van der Waals surface area contributed by atoms with Crippen LogP contribution in [-0.2, 0) is 13.0 Å². The lowest BCUT2D eigenvalue weighted by molar-refractivity contribution is 0.635. The summed E-state index contributed by atoms with van der Waals surface area (Å²) in [5.74, 6) is 0.888. The number of rotatable bonds is 6. The van der Waals surface area contributed by atoms with Crippen molar-refractivity contribution >= 4 is 11.8 Å². The largest absolute Gasteiger partial charge is 0.283 e. The highest BCUT2D eigenvalue weighted by Crippen LogP contribution is 2.16. The minimum Gasteiger partial charge on any atom is -0.283 e. The van der Waals surface area contributed by atoms with Gasteiger partial charge in [0.15, 0.2) is 5.16 Å². The van der Waals surface area contributed by atoms with Crippen LogP contribution in [0.15, 0.2) is 76.8 Å². The van der Waals surface area contributed by atoms with Crippen LogP contribution in [0.3, 0.4) is 0 Å². The molecule has 24 heavy (non-hydrogen) atoms. The first kappa shape index (κ1) is 16.5. The minimum absolute atomic E-state index is 0.0497. The molecule has 4 heteroatoms. The smallest absolute Gasteiger partial charge is 0.257 e. The second-order valence-electron chi connectivity index (χ2n) is 5.54. The fourth-order valence-corrected chi connectivity index (χ4v) is 3.29. The fourth-order valence-electron chi connectivity index (χ4n) is 2.61. The molecule has 0 N–H and O–H groups in total. The van der Waals surface area contributed by atoms with Crippen molar-refractivity contribution in [3.05, 3.63) is 93.9 Å². The summed E-state index contributed by atoms with van der Waals surface area (Å²) in [7, 11) is 0. The Morgan fingerprint density at radius 3 is 2.21 bits per heavy atom. The quantitative estimate of drug-likeness (QED) is 0.504. The van der Waals surface area contributed by atoms with Crippen molar-refractivity contribution in [1.82, 2.24) is 9.55 Å². The van der Waals surface area contributed by atoms with Gasteiger partial charge in [-0.1, -0.05) is 79.3 Å². The van der Waals surface area contributed by atoms with E-state index in [0.29, 0.717) is 13.0 Å². The molecule has 3 aromatic rings. The van der Waals surface area contributed by atoms with E-state index in [-0.39, 0.29) is 5.56 Å². The van der Waals surface area contributed by atoms with Crippen LogP contribution in [-0.4, -0.2) is 15.3 Å². The molecular weight excluding hydrogens is 316 g/mol. The van der Waals surface area contributed by atoms with E-state index in [1.165, 1.54) is 0 Å². The minimum atomic E-state index is 0.0497. The molecule has 0 unspecified atom stereocenters. The summed E-state index contributed by atoms with van der Waals surface area (Å²) < 4.78 is 1.79. The third kappa shape index (κ3) is 3.95. The first-order valence-electron chi connectivity index (χ1n) is 8.07. The second kappa shape index (κ2) is 7.97. The average molecular weight is 336 g/mol. The first-order chi connectivity index (χ1) is 11.8. The molecule has 122 valence electrons. The lowest BCUT2D eigenvalue weighted by Gasteiger charge is -2.13. The third-order valence-electron chi connectivity index (χ3n) is 3.78. The van der Waals surface area contributed by atoms with Crippen LogP contribution in [0.25, 0.3) is 0 Å². The van der Waals surface area contributed by atoms with Gasteiger partial charge in [-0.2, -0.15) is 0 Å². The van der Waals surface area contributed by atoms with Crippen LogP contribution < -0.4 is 5.56 Å². The van der Waals surface area contributed by atoms with Gasteiger partial charge in [0, 0.05) is 18.2 Å². The molecule has 0 bridgehead atoms. The van der Waals surface area contributed by atoms with E-state index in [9.17, 15) is 4.79 Å². The Morgan fingerprint density at radius 2 is 1.58 bits per heavy atom. The van der Waals surface area contributed by atoms with E-state index < -0.39 is 0 Å². The molecule has 0 aliphatic rings. The fraction of sp³-hybridized carbons (Fsp3) is 0.200. The van der Waals surface area contributed by atoms with Crippen molar-refractivity contribution in [3.63, 3.8) is 0 Å². The van der Waals surface area contributed by atoms with Crippen molar-refractivity contribution in [2.45, 2.75) is 25.0 Å². The Bertz CT molecular complexity index is 845. The van der Waals surface area contributed by atoms with Crippen molar-refractivity contribution < 1.29 is 0 Å². The molecule has 0 aliphatic carbocycles. The maximum Gasteiger partial charge on any atom is 0.257 e. The Labute approximate surface area is 146 Å². The van der Waals surface area contributed by atoms with E-state index in [1.807, 2.05) is 60.7 Å². The monoisotopic (exact) mass is 336 g/mol. The van der Waals surface area contributed by atoms with E-state index in [2.05, 4.69) is 11.9 Å². The highest BCUT2D eigenvalue weighted by atomic mass is 32.2. The number of nitrogens with zero attached hydrogens (tertiary/aromatic N) is 2. The van der Waals surface area contributed by atoms with Gasteiger partial charge in [0.25, 0.3) is 5.56 Å². The number of benzene rings is 2. The van der Waals surface area contributed by atoms with Gasteiger partial charge >= 0.3 is 0 Å². The van der Waals surface area contributed by atoms with Crippen molar-refractivity contribution in [1.29, 1.82) is 0 Å². The molecule has 0 saturated carbocycles. The summed E-state index contributed by atoms with van der Waals surface area (Å²) >= 11 is 1.60. The number of hydrogen-bond donors (Lipinski definition) is 0. The Kier molecular flexibility index (Phi) is 5.49. The van der Waals surface area contributed by atoms with Crippen LogP contribution in [0.2, 0.25) is 0 Å². The van der Waals surface area contributed by atoms with Crippen LogP contribution in [0.1, 0.15) is 23.6 Å². The lowest BCUT2D eigenvalue weighted by Crippen LogP contribution is -2.27. The van der Waals surface area contributed by atoms with Crippen LogP contribution in [0, 0.1) is 0 Å². The highest BCUT2D eigenvalue weighted by Gasteiger charge is 2.11. The first-order valence-corrected chi connectivity index (χ1v) is 9.06. The summed E-state index contributed by atoms with van der Waals surface area (Å²) in [4.78, 5) is 17.5. The van der Waals surface area contributed by atoms with Gasteiger partial charge in [-0.25, -0.2) is 4.98 Å². The molecule has 3 nitrogen and oxygen atoms in total. The van der Waals surface area contributed by atoms with Crippen molar-refractivity contribution in [2.75, 3.05) is 5.75 Å². The molecule has 0 spiro atoms. The van der Waals surface area contributed by atoms with Crippen molar-refractivity contribution in [3.8, 4) is 0 Å². The Balaban J connectivity index is 1.97. The topological polar surface area (TPSA) is 34.9 Å². The van der Waals surface area contributed by atoms with Gasteiger partial charge in [0.05, 0.1) is 6.54 Å². The standard InChI is InChI=1S/C20H20N2OS/c1-2-24-20-21-14-18(13-16-9-5-3-6-10-16)19(23)22(20)15-17-11-7-4-8-12-17/h3-12,14H,2,13,15H2,1H3. The van der Waals surface area contributed by atoms with Crippen LogP contribution in [0.5, 0.6) is 0 Å². The third-order valence-corrected chi connectivity index (χ3v) is 4.65. The molecule has 0 saturated heterocycles. The van der Waals surface area contributed by atoms with Crippen molar-refractivity contribution in [2.24, 2.45) is 0 Å². The Morgan fingerprint density at radius 1 is 0.958 bits per heavy atom. The maximum absolute atomic E-state index is 13.0. The molecule has 0 atom stereocenters. The number of aromatic nitrogens is 2. The molecule has 3 rings (SSSR count). The van der Waals surface area contributed by atoms with E-state index in [4.69, 9.17) is 0 Å². The SMILES string of the molecule is CCSc1ncc(Cc2ccccc2)c(=O)n1Cc1ccccc1. The molecular formula is C20H20N2OS. The zero-order valence-corrected chi connectivity index (χ0v) is 14.5. The molecule has 0 aliphatic heterocycles. The van der Waals surface area contributed by atoms with Gasteiger partial charge in [0.1, 0.15) is 0 Å². The summed E-state index contributed by atoms with van der Waals surface area (Å²) in [6.45, 7) is 2.62. The summed E-state index contributed by atoms with van der Waals surface area (Å²) in [6, 6.07) is 20.1. The molecule has 2 aromatic carbocycles. The molecule has 0 fully saturated rings. The van der Waals surface area contributed by atoms with Crippen LogP contribution >= 0.6 is 11.8 Å². The maximum atomic E-state index is 13.0. The van der Waals surface area contributed by atoms with Gasteiger partial charge < -0.3 is 0 Å².